The number of esters is 1. The molecule has 1 atom stereocenters. The third kappa shape index (κ3) is 8.29. The summed E-state index contributed by atoms with van der Waals surface area (Å²) in [5, 5.41) is 2.42. The predicted octanol–water partition coefficient (Wildman–Crippen LogP) is 1.98. The van der Waals surface area contributed by atoms with Crippen molar-refractivity contribution in [1.82, 2.24) is 5.32 Å². The lowest BCUT2D eigenvalue weighted by molar-refractivity contribution is -0.145. The molecule has 1 amide bonds. The van der Waals surface area contributed by atoms with Gasteiger partial charge in [0.25, 0.3) is 0 Å². The highest BCUT2D eigenvalue weighted by atomic mass is 16.6. The van der Waals surface area contributed by atoms with Crippen LogP contribution in [0.1, 0.15) is 40.5 Å². The second-order valence-corrected chi connectivity index (χ2v) is 5.16. The predicted molar refractivity (Wildman–Crippen MR) is 74.2 cm³/mol. The van der Waals surface area contributed by atoms with Gasteiger partial charge in [0.2, 0.25) is 0 Å². The summed E-state index contributed by atoms with van der Waals surface area (Å²) in [6.07, 6.45) is 0.697. The van der Waals surface area contributed by atoms with Crippen LogP contribution in [0.2, 0.25) is 0 Å². The van der Waals surface area contributed by atoms with Gasteiger partial charge >= 0.3 is 12.1 Å². The van der Waals surface area contributed by atoms with E-state index >= 15 is 0 Å². The normalized spacial score (nSPS) is 12.2. The van der Waals surface area contributed by atoms with Gasteiger partial charge < -0.3 is 14.8 Å². The first-order valence-electron chi connectivity index (χ1n) is 6.51. The summed E-state index contributed by atoms with van der Waals surface area (Å²) >= 11 is 0. The van der Waals surface area contributed by atoms with E-state index in [9.17, 15) is 14.4 Å². The average molecular weight is 285 g/mol. The molecule has 0 aromatic rings. The minimum absolute atomic E-state index is 0.1000. The van der Waals surface area contributed by atoms with Crippen LogP contribution in [0.25, 0.3) is 0 Å². The van der Waals surface area contributed by atoms with E-state index in [0.29, 0.717) is 0 Å². The minimum Gasteiger partial charge on any atom is -0.464 e. The molecule has 0 aromatic heterocycles. The molecule has 0 saturated heterocycles. The Balaban J connectivity index is 4.59. The molecule has 0 bridgehead atoms. The molecular weight excluding hydrogens is 262 g/mol. The molecule has 0 aliphatic rings. The van der Waals surface area contributed by atoms with Gasteiger partial charge in [-0.15, -0.1) is 0 Å². The molecule has 20 heavy (non-hydrogen) atoms. The molecule has 114 valence electrons. The first-order valence-corrected chi connectivity index (χ1v) is 6.51. The van der Waals surface area contributed by atoms with Gasteiger partial charge in [-0.2, -0.15) is 0 Å². The van der Waals surface area contributed by atoms with Crippen molar-refractivity contribution < 1.29 is 23.9 Å². The van der Waals surface area contributed by atoms with Crippen molar-refractivity contribution in [3.05, 3.63) is 12.7 Å². The van der Waals surface area contributed by atoms with Crippen LogP contribution in [-0.2, 0) is 19.1 Å². The van der Waals surface area contributed by atoms with Crippen LogP contribution in [-0.4, -0.2) is 36.1 Å². The van der Waals surface area contributed by atoms with E-state index in [2.05, 4.69) is 11.9 Å². The zero-order valence-corrected chi connectivity index (χ0v) is 12.5. The fourth-order valence-corrected chi connectivity index (χ4v) is 1.33. The van der Waals surface area contributed by atoms with E-state index < -0.39 is 23.7 Å². The number of nitrogens with one attached hydrogen (secondary N) is 1. The summed E-state index contributed by atoms with van der Waals surface area (Å²) < 4.78 is 9.92. The van der Waals surface area contributed by atoms with Crippen LogP contribution >= 0.6 is 0 Å². The average Bonchev–Trinajstić information content (AvgIpc) is 2.31. The number of hydrogen-bond donors (Lipinski definition) is 1. The van der Waals surface area contributed by atoms with Crippen molar-refractivity contribution >= 4 is 17.8 Å². The lowest BCUT2D eigenvalue weighted by atomic mass is 10.1. The highest BCUT2D eigenvalue weighted by Crippen LogP contribution is 2.08. The molecule has 0 spiro atoms. The second-order valence-electron chi connectivity index (χ2n) is 5.16. The number of ketones is 1. The van der Waals surface area contributed by atoms with Crippen molar-refractivity contribution in [2.75, 3.05) is 6.61 Å². The summed E-state index contributed by atoms with van der Waals surface area (Å²) in [5.74, 6) is -0.791. The third-order valence-electron chi connectivity index (χ3n) is 2.17. The number of rotatable bonds is 7. The Hall–Kier alpha value is -1.85. The molecule has 0 heterocycles. The molecule has 0 aliphatic carbocycles. The zero-order valence-electron chi connectivity index (χ0n) is 12.5. The van der Waals surface area contributed by atoms with Crippen LogP contribution in [0.3, 0.4) is 0 Å². The first-order chi connectivity index (χ1) is 9.19. The molecule has 0 unspecified atom stereocenters. The smallest absolute Gasteiger partial charge is 0.408 e. The van der Waals surface area contributed by atoms with E-state index in [1.165, 1.54) is 6.08 Å². The summed E-state index contributed by atoms with van der Waals surface area (Å²) in [6, 6.07) is -0.909. The maximum Gasteiger partial charge on any atom is 0.408 e. The molecule has 1 N–H and O–H groups in total. The second kappa shape index (κ2) is 8.35. The molecule has 0 saturated carbocycles. The Kier molecular flexibility index (Phi) is 7.57. The summed E-state index contributed by atoms with van der Waals surface area (Å²) in [6.45, 7) is 10.4. The van der Waals surface area contributed by atoms with Crippen LogP contribution in [0, 0.1) is 0 Å². The zero-order chi connectivity index (χ0) is 15.8. The number of alkyl carbamates (subject to hydrolysis) is 1. The van der Waals surface area contributed by atoms with Gasteiger partial charge in [-0.05, 0) is 40.2 Å². The molecule has 0 aromatic carbocycles. The van der Waals surface area contributed by atoms with E-state index in [1.807, 2.05) is 0 Å². The molecule has 0 aliphatic heterocycles. The Labute approximate surface area is 119 Å². The summed E-state index contributed by atoms with van der Waals surface area (Å²) in [7, 11) is 0. The van der Waals surface area contributed by atoms with E-state index in [0.717, 1.165) is 0 Å². The van der Waals surface area contributed by atoms with Gasteiger partial charge in [0, 0.05) is 6.42 Å². The summed E-state index contributed by atoms with van der Waals surface area (Å²) in [5.41, 5.74) is -0.666. The van der Waals surface area contributed by atoms with E-state index in [1.54, 1.807) is 27.7 Å². The van der Waals surface area contributed by atoms with Crippen molar-refractivity contribution in [2.45, 2.75) is 52.2 Å². The van der Waals surface area contributed by atoms with Gasteiger partial charge in [0.05, 0.1) is 6.61 Å². The van der Waals surface area contributed by atoms with Gasteiger partial charge in [0.1, 0.15) is 11.6 Å². The molecular formula is C14H23NO5. The highest BCUT2D eigenvalue weighted by molar-refractivity contribution is 5.90. The fraction of sp³-hybridized carbons (Fsp3) is 0.643. The molecule has 6 heteroatoms. The maximum absolute atomic E-state index is 11.7. The largest absolute Gasteiger partial charge is 0.464 e. The first kappa shape index (κ1) is 18.1. The standard InChI is InChI=1S/C14H23NO5/c1-6-10(16)8-9-11(12(17)19-7-2)15-13(18)20-14(3,4)5/h6,11H,1,7-9H2,2-5H3,(H,15,18)/t11-/m0/s1. The quantitative estimate of drug-likeness (QED) is 0.571. The molecule has 6 nitrogen and oxygen atoms in total. The van der Waals surface area contributed by atoms with Gasteiger partial charge in [0.15, 0.2) is 5.78 Å². The SMILES string of the molecule is C=CC(=O)CC[C@H](NC(=O)OC(C)(C)C)C(=O)OCC. The Bertz CT molecular complexity index is 370. The number of allylic oxidation sites excluding steroid dienone is 1. The van der Waals surface area contributed by atoms with E-state index in [4.69, 9.17) is 9.47 Å². The molecule has 0 radical (unpaired) electrons. The summed E-state index contributed by atoms with van der Waals surface area (Å²) in [4.78, 5) is 34.6. The Morgan fingerprint density at radius 2 is 1.90 bits per heavy atom. The van der Waals surface area contributed by atoms with Crippen molar-refractivity contribution in [3.8, 4) is 0 Å². The maximum atomic E-state index is 11.7. The van der Waals surface area contributed by atoms with Crippen LogP contribution in [0.15, 0.2) is 12.7 Å². The van der Waals surface area contributed by atoms with Gasteiger partial charge in [-0.3, -0.25) is 4.79 Å². The number of amides is 1. The third-order valence-corrected chi connectivity index (χ3v) is 2.17. The van der Waals surface area contributed by atoms with Gasteiger partial charge in [-0.1, -0.05) is 6.58 Å². The van der Waals surface area contributed by atoms with Crippen LogP contribution < -0.4 is 5.32 Å². The van der Waals surface area contributed by atoms with Crippen molar-refractivity contribution in [1.29, 1.82) is 0 Å². The highest BCUT2D eigenvalue weighted by Gasteiger charge is 2.25. The van der Waals surface area contributed by atoms with Crippen LogP contribution in [0.5, 0.6) is 0 Å². The lowest BCUT2D eigenvalue weighted by Crippen LogP contribution is -2.44. The van der Waals surface area contributed by atoms with Crippen molar-refractivity contribution in [2.24, 2.45) is 0 Å². The molecule has 0 rings (SSSR count). The Morgan fingerprint density at radius 3 is 2.35 bits per heavy atom. The van der Waals surface area contributed by atoms with E-state index in [-0.39, 0.29) is 25.2 Å². The monoisotopic (exact) mass is 285 g/mol. The number of carbonyl (C=O) groups is 3. The molecule has 0 fully saturated rings. The number of hydrogen-bond acceptors (Lipinski definition) is 5. The van der Waals surface area contributed by atoms with Gasteiger partial charge in [-0.25, -0.2) is 9.59 Å². The number of ether oxygens (including phenoxy) is 2. The van der Waals surface area contributed by atoms with Crippen molar-refractivity contribution in [3.63, 3.8) is 0 Å². The van der Waals surface area contributed by atoms with Crippen LogP contribution in [0.4, 0.5) is 4.79 Å². The fourth-order valence-electron chi connectivity index (χ4n) is 1.33. The lowest BCUT2D eigenvalue weighted by Gasteiger charge is -2.22. The minimum atomic E-state index is -0.909. The Morgan fingerprint density at radius 1 is 1.30 bits per heavy atom. The number of carbonyl (C=O) groups excluding carboxylic acids is 3. The topological polar surface area (TPSA) is 81.7 Å².